The third-order valence-corrected chi connectivity index (χ3v) is 6.10. The zero-order chi connectivity index (χ0) is 25.8. The number of para-hydroxylation sites is 1. The molecule has 5 nitrogen and oxygen atoms in total. The molecule has 0 radical (unpaired) electrons. The van der Waals surface area contributed by atoms with Crippen LogP contribution in [0.2, 0.25) is 0 Å². The number of nitrogens with one attached hydrogen (secondary N) is 1. The van der Waals surface area contributed by atoms with Gasteiger partial charge in [-0.1, -0.05) is 30.3 Å². The fourth-order valence-corrected chi connectivity index (χ4v) is 4.91. The van der Waals surface area contributed by atoms with Crippen LogP contribution in [-0.2, 0) is 0 Å². The van der Waals surface area contributed by atoms with E-state index in [1.807, 2.05) is 32.9 Å². The lowest BCUT2D eigenvalue weighted by atomic mass is 9.82. The van der Waals surface area contributed by atoms with Gasteiger partial charge in [-0.2, -0.15) is 0 Å². The largest absolute Gasteiger partial charge is 0.573 e. The number of ether oxygens (including phenoxy) is 3. The first kappa shape index (κ1) is 23.7. The Bertz CT molecular complexity index is 1440. The average Bonchev–Trinajstić information content (AvgIpc) is 2.78. The van der Waals surface area contributed by atoms with E-state index in [9.17, 15) is 18.3 Å². The topological polar surface area (TPSA) is 60.0 Å². The Hall–Kier alpha value is -4.07. The molecule has 0 saturated heterocycles. The summed E-state index contributed by atoms with van der Waals surface area (Å²) in [6, 6.07) is 12.8. The highest BCUT2D eigenvalue weighted by Crippen LogP contribution is 2.54. The quantitative estimate of drug-likeness (QED) is 0.395. The summed E-state index contributed by atoms with van der Waals surface area (Å²) in [7, 11) is 1.46. The number of benzene rings is 3. The number of halogens is 3. The lowest BCUT2D eigenvalue weighted by Crippen LogP contribution is -2.32. The number of hydrogen-bond donors (Lipinski definition) is 2. The first-order valence-corrected chi connectivity index (χ1v) is 11.3. The molecule has 36 heavy (non-hydrogen) atoms. The van der Waals surface area contributed by atoms with E-state index in [0.717, 1.165) is 22.4 Å². The molecular formula is C28H24F3NO4. The van der Waals surface area contributed by atoms with Crippen LogP contribution < -0.4 is 19.5 Å². The Morgan fingerprint density at radius 1 is 1.00 bits per heavy atom. The van der Waals surface area contributed by atoms with Crippen molar-refractivity contribution in [3.63, 3.8) is 0 Å². The van der Waals surface area contributed by atoms with Crippen LogP contribution >= 0.6 is 0 Å². The number of hydrogen-bond acceptors (Lipinski definition) is 5. The summed E-state index contributed by atoms with van der Waals surface area (Å²) in [6.07, 6.45) is -1.22. The number of phenols is 1. The molecule has 0 bridgehead atoms. The summed E-state index contributed by atoms with van der Waals surface area (Å²) in [5, 5.41) is 13.9. The van der Waals surface area contributed by atoms with Crippen molar-refractivity contribution in [2.45, 2.75) is 32.7 Å². The number of aromatic hydroxyl groups is 1. The molecule has 0 amide bonds. The molecule has 3 aromatic carbocycles. The molecule has 5 rings (SSSR count). The molecule has 0 atom stereocenters. The van der Waals surface area contributed by atoms with Gasteiger partial charge in [-0.3, -0.25) is 0 Å². The van der Waals surface area contributed by atoms with E-state index in [1.165, 1.54) is 37.5 Å². The molecule has 0 saturated carbocycles. The Morgan fingerprint density at radius 3 is 2.47 bits per heavy atom. The molecule has 2 aliphatic rings. The fourth-order valence-electron chi connectivity index (χ4n) is 4.91. The van der Waals surface area contributed by atoms with Gasteiger partial charge < -0.3 is 24.6 Å². The van der Waals surface area contributed by atoms with Crippen LogP contribution in [0.3, 0.4) is 0 Å². The van der Waals surface area contributed by atoms with Crippen molar-refractivity contribution >= 4 is 23.1 Å². The first-order valence-electron chi connectivity index (χ1n) is 11.3. The maximum absolute atomic E-state index is 13.1. The van der Waals surface area contributed by atoms with Crippen LogP contribution in [0.25, 0.3) is 28.5 Å². The van der Waals surface area contributed by atoms with E-state index in [-0.39, 0.29) is 28.4 Å². The fraction of sp³-hybridized carbons (Fsp3) is 0.214. The Morgan fingerprint density at radius 2 is 1.75 bits per heavy atom. The van der Waals surface area contributed by atoms with Crippen molar-refractivity contribution in [3.05, 3.63) is 71.3 Å². The number of fused-ring (bicyclic) bond motifs is 5. The number of alkyl halides is 3. The van der Waals surface area contributed by atoms with Gasteiger partial charge in [-0.15, -0.1) is 13.2 Å². The third-order valence-electron chi connectivity index (χ3n) is 6.10. The summed E-state index contributed by atoms with van der Waals surface area (Å²) in [6.45, 7) is 6.08. The molecule has 3 aromatic rings. The van der Waals surface area contributed by atoms with E-state index >= 15 is 0 Å². The van der Waals surface area contributed by atoms with E-state index in [2.05, 4.69) is 16.1 Å². The Kier molecular flexibility index (Phi) is 5.43. The third kappa shape index (κ3) is 4.12. The molecule has 2 heterocycles. The van der Waals surface area contributed by atoms with Gasteiger partial charge in [0.1, 0.15) is 17.3 Å². The normalized spacial score (nSPS) is 16.6. The second-order valence-electron chi connectivity index (χ2n) is 9.27. The van der Waals surface area contributed by atoms with E-state index in [4.69, 9.17) is 9.47 Å². The SMILES string of the molecule is COc1c(O)ccc2c1-c1ccc3c(c1/C(=C/c1ccccc1OC(F)(F)F)O2)C(C)=CC(C)(C)N3. The highest BCUT2D eigenvalue weighted by atomic mass is 19.4. The predicted molar refractivity (Wildman–Crippen MR) is 133 cm³/mol. The maximum atomic E-state index is 13.1. The van der Waals surface area contributed by atoms with Gasteiger partial charge in [0.05, 0.1) is 18.2 Å². The first-order chi connectivity index (χ1) is 17.0. The molecular weight excluding hydrogens is 471 g/mol. The van der Waals surface area contributed by atoms with Crippen molar-refractivity contribution in [1.29, 1.82) is 0 Å². The summed E-state index contributed by atoms with van der Waals surface area (Å²) in [5.41, 5.74) is 4.53. The Balaban J connectivity index is 1.80. The molecule has 0 spiro atoms. The average molecular weight is 495 g/mol. The van der Waals surface area contributed by atoms with Gasteiger partial charge in [0.25, 0.3) is 0 Å². The second kappa shape index (κ2) is 8.26. The summed E-state index contributed by atoms with van der Waals surface area (Å²) >= 11 is 0. The molecule has 8 heteroatoms. The molecule has 2 N–H and O–H groups in total. The molecule has 2 aliphatic heterocycles. The number of rotatable bonds is 3. The van der Waals surface area contributed by atoms with Crippen LogP contribution in [0.5, 0.6) is 23.0 Å². The molecule has 186 valence electrons. The van der Waals surface area contributed by atoms with Gasteiger partial charge in [0, 0.05) is 27.9 Å². The van der Waals surface area contributed by atoms with Crippen LogP contribution in [0.1, 0.15) is 37.5 Å². The van der Waals surface area contributed by atoms with Crippen LogP contribution in [0, 0.1) is 0 Å². The van der Waals surface area contributed by atoms with E-state index in [0.29, 0.717) is 22.6 Å². The number of anilines is 1. The van der Waals surface area contributed by atoms with Gasteiger partial charge in [-0.05, 0) is 56.7 Å². The summed E-state index contributed by atoms with van der Waals surface area (Å²) < 4.78 is 55.3. The molecule has 0 unspecified atom stereocenters. The zero-order valence-electron chi connectivity index (χ0n) is 20.1. The number of allylic oxidation sites excluding steroid dienone is 1. The smallest absolute Gasteiger partial charge is 0.504 e. The minimum atomic E-state index is -4.84. The number of phenolic OH excluding ortho intramolecular Hbond substituents is 1. The monoisotopic (exact) mass is 495 g/mol. The van der Waals surface area contributed by atoms with Crippen molar-refractivity contribution in [1.82, 2.24) is 0 Å². The van der Waals surface area contributed by atoms with Crippen molar-refractivity contribution in [2.75, 3.05) is 12.4 Å². The predicted octanol–water partition coefficient (Wildman–Crippen LogP) is 7.46. The van der Waals surface area contributed by atoms with Crippen LogP contribution in [0.4, 0.5) is 18.9 Å². The molecule has 0 aromatic heterocycles. The van der Waals surface area contributed by atoms with Gasteiger partial charge in [0.2, 0.25) is 0 Å². The van der Waals surface area contributed by atoms with Gasteiger partial charge >= 0.3 is 6.36 Å². The second-order valence-corrected chi connectivity index (χ2v) is 9.27. The highest BCUT2D eigenvalue weighted by molar-refractivity contribution is 6.02. The summed E-state index contributed by atoms with van der Waals surface area (Å²) in [5.74, 6) is 0.608. The van der Waals surface area contributed by atoms with E-state index in [1.54, 1.807) is 12.1 Å². The highest BCUT2D eigenvalue weighted by Gasteiger charge is 2.35. The standard InChI is InChI=1S/C28H24F3NO4/c1-15-14-27(2,3)32-18-10-9-17-24(23(15)18)22(35-21-12-11-19(33)26(34-4)25(17)21)13-16-7-5-6-8-20(16)36-28(29,30)31/h5-14,32-33H,1-4H3/b22-13-. The van der Waals surface area contributed by atoms with Crippen molar-refractivity contribution in [3.8, 4) is 34.1 Å². The minimum Gasteiger partial charge on any atom is -0.504 e. The zero-order valence-corrected chi connectivity index (χ0v) is 20.1. The molecule has 0 aliphatic carbocycles. The van der Waals surface area contributed by atoms with Crippen LogP contribution in [-0.4, -0.2) is 24.1 Å². The Labute approximate surface area is 206 Å². The van der Waals surface area contributed by atoms with E-state index < -0.39 is 6.36 Å². The lowest BCUT2D eigenvalue weighted by molar-refractivity contribution is -0.274. The number of methoxy groups -OCH3 is 1. The van der Waals surface area contributed by atoms with Crippen molar-refractivity contribution in [2.24, 2.45) is 0 Å². The molecule has 0 fully saturated rings. The van der Waals surface area contributed by atoms with Crippen LogP contribution in [0.15, 0.2) is 54.6 Å². The maximum Gasteiger partial charge on any atom is 0.573 e. The van der Waals surface area contributed by atoms with Gasteiger partial charge in [-0.25, -0.2) is 0 Å². The van der Waals surface area contributed by atoms with Gasteiger partial charge in [0.15, 0.2) is 11.5 Å². The summed E-state index contributed by atoms with van der Waals surface area (Å²) in [4.78, 5) is 0. The minimum absolute atomic E-state index is 0.0496. The lowest BCUT2D eigenvalue weighted by Gasteiger charge is -2.35. The van der Waals surface area contributed by atoms with Crippen molar-refractivity contribution < 1.29 is 32.5 Å².